The van der Waals surface area contributed by atoms with Gasteiger partial charge in [0.15, 0.2) is 5.06 Å². The van der Waals surface area contributed by atoms with Gasteiger partial charge < -0.3 is 24.6 Å². The van der Waals surface area contributed by atoms with Crippen molar-refractivity contribution in [2.24, 2.45) is 0 Å². The van der Waals surface area contributed by atoms with Crippen LogP contribution in [0.2, 0.25) is 5.28 Å². The Balaban J connectivity index is 1.34. The molecule has 0 spiro atoms. The zero-order valence-corrected chi connectivity index (χ0v) is 19.1. The number of nitrogens with zero attached hydrogens (tertiary/aromatic N) is 4. The van der Waals surface area contributed by atoms with Crippen LogP contribution in [-0.2, 0) is 4.74 Å². The van der Waals surface area contributed by atoms with Crippen LogP contribution < -0.4 is 19.9 Å². The van der Waals surface area contributed by atoms with Crippen LogP contribution in [0.15, 0.2) is 35.7 Å². The largest absolute Gasteiger partial charge is 0.413 e. The highest BCUT2D eigenvalue weighted by Crippen LogP contribution is 2.31. The van der Waals surface area contributed by atoms with Crippen LogP contribution in [0.3, 0.4) is 0 Å². The summed E-state index contributed by atoms with van der Waals surface area (Å²) in [5.41, 5.74) is 1.92. The van der Waals surface area contributed by atoms with Crippen molar-refractivity contribution in [2.45, 2.75) is 18.9 Å². The van der Waals surface area contributed by atoms with Gasteiger partial charge in [0, 0.05) is 43.3 Å². The van der Waals surface area contributed by atoms with Gasteiger partial charge in [0.2, 0.25) is 5.28 Å². The van der Waals surface area contributed by atoms with Crippen LogP contribution in [0, 0.1) is 0 Å². The van der Waals surface area contributed by atoms with Crippen molar-refractivity contribution < 1.29 is 14.3 Å². The van der Waals surface area contributed by atoms with Crippen LogP contribution in [0.25, 0.3) is 10.9 Å². The summed E-state index contributed by atoms with van der Waals surface area (Å²) < 4.78 is 10.8. The van der Waals surface area contributed by atoms with Crippen molar-refractivity contribution in [1.82, 2.24) is 15.3 Å². The zero-order valence-electron chi connectivity index (χ0n) is 17.5. The van der Waals surface area contributed by atoms with E-state index in [0.717, 1.165) is 68.1 Å². The van der Waals surface area contributed by atoms with Crippen LogP contribution in [-0.4, -0.2) is 61.5 Å². The average Bonchev–Trinajstić information content (AvgIpc) is 3.31. The minimum Gasteiger partial charge on any atom is -0.399 e. The highest BCUT2D eigenvalue weighted by atomic mass is 35.5. The van der Waals surface area contributed by atoms with Crippen molar-refractivity contribution in [3.8, 4) is 5.06 Å². The molecule has 0 bridgehead atoms. The molecular formula is C22H24ClN5O3S. The summed E-state index contributed by atoms with van der Waals surface area (Å²) in [5, 5.41) is 6.61. The maximum atomic E-state index is 12.3. The van der Waals surface area contributed by atoms with Crippen molar-refractivity contribution in [3.63, 3.8) is 0 Å². The number of morpholine rings is 1. The molecule has 3 aromatic rings. The molecule has 4 heterocycles. The van der Waals surface area contributed by atoms with Gasteiger partial charge in [-0.15, -0.1) is 11.3 Å². The van der Waals surface area contributed by atoms with E-state index in [2.05, 4.69) is 43.3 Å². The number of nitrogens with one attached hydrogen (secondary N) is 1. The number of halogens is 1. The molecule has 2 saturated heterocycles. The van der Waals surface area contributed by atoms with E-state index in [9.17, 15) is 4.79 Å². The summed E-state index contributed by atoms with van der Waals surface area (Å²) in [4.78, 5) is 25.8. The number of amides is 1. The third-order valence-corrected chi connectivity index (χ3v) is 6.65. The van der Waals surface area contributed by atoms with Gasteiger partial charge in [-0.05, 0) is 60.2 Å². The maximum Gasteiger partial charge on any atom is 0.413 e. The molecule has 10 heteroatoms. The molecule has 32 heavy (non-hydrogen) atoms. The van der Waals surface area contributed by atoms with Crippen LogP contribution >= 0.6 is 22.9 Å². The van der Waals surface area contributed by atoms with Crippen molar-refractivity contribution >= 4 is 51.4 Å². The topological polar surface area (TPSA) is 79.8 Å². The summed E-state index contributed by atoms with van der Waals surface area (Å²) in [6.45, 7) is 4.64. The Morgan fingerprint density at radius 3 is 2.88 bits per heavy atom. The predicted octanol–water partition coefficient (Wildman–Crippen LogP) is 3.94. The number of fused-ring (bicyclic) bond motifs is 1. The molecule has 5 rings (SSSR count). The third kappa shape index (κ3) is 4.74. The first-order valence-electron chi connectivity index (χ1n) is 10.7. The van der Waals surface area contributed by atoms with Crippen molar-refractivity contribution in [3.05, 3.63) is 41.0 Å². The molecule has 2 aliphatic heterocycles. The molecule has 8 nitrogen and oxygen atoms in total. The third-order valence-electron chi connectivity index (χ3n) is 5.74. The van der Waals surface area contributed by atoms with E-state index in [4.69, 9.17) is 21.1 Å². The molecule has 0 radical (unpaired) electrons. The molecule has 1 aromatic carbocycles. The lowest BCUT2D eigenvalue weighted by Crippen LogP contribution is -2.48. The second kappa shape index (κ2) is 9.48. The van der Waals surface area contributed by atoms with Crippen LogP contribution in [0.5, 0.6) is 5.06 Å². The van der Waals surface area contributed by atoms with Gasteiger partial charge in [0.25, 0.3) is 0 Å². The van der Waals surface area contributed by atoms with E-state index >= 15 is 0 Å². The van der Waals surface area contributed by atoms with Gasteiger partial charge >= 0.3 is 6.09 Å². The van der Waals surface area contributed by atoms with Gasteiger partial charge in [-0.2, -0.15) is 4.98 Å². The number of piperidine rings is 1. The fourth-order valence-electron chi connectivity index (χ4n) is 4.23. The first-order chi connectivity index (χ1) is 15.7. The standard InChI is InChI=1S/C22H24ClN5O3S/c23-21-25-18-13-16(27-8-10-30-11-9-27)5-6-17(18)20(26-21)28-7-1-3-15(14-28)24-22(29)31-19-4-2-12-32-19/h2,4-6,12-13,15H,1,3,7-11,14H2,(H,24,29). The van der Waals surface area contributed by atoms with Crippen molar-refractivity contribution in [2.75, 3.05) is 49.2 Å². The highest BCUT2D eigenvalue weighted by molar-refractivity contribution is 7.11. The van der Waals surface area contributed by atoms with Gasteiger partial charge in [-0.1, -0.05) is 0 Å². The fraction of sp³-hybridized carbons (Fsp3) is 0.409. The molecule has 2 aromatic heterocycles. The van der Waals surface area contributed by atoms with Crippen LogP contribution in [0.4, 0.5) is 16.3 Å². The molecule has 1 unspecified atom stereocenters. The van der Waals surface area contributed by atoms with E-state index < -0.39 is 6.09 Å². The number of rotatable bonds is 4. The Labute approximate surface area is 195 Å². The summed E-state index contributed by atoms with van der Waals surface area (Å²) in [7, 11) is 0. The quantitative estimate of drug-likeness (QED) is 0.575. The Morgan fingerprint density at radius 1 is 1.19 bits per heavy atom. The van der Waals surface area contributed by atoms with Gasteiger partial charge in [-0.3, -0.25) is 0 Å². The predicted molar refractivity (Wildman–Crippen MR) is 126 cm³/mol. The lowest BCUT2D eigenvalue weighted by atomic mass is 10.1. The summed E-state index contributed by atoms with van der Waals surface area (Å²) >= 11 is 7.70. The first kappa shape index (κ1) is 21.2. The van der Waals surface area contributed by atoms with E-state index in [1.165, 1.54) is 11.3 Å². The van der Waals surface area contributed by atoms with Gasteiger partial charge in [0.05, 0.1) is 18.7 Å². The first-order valence-corrected chi connectivity index (χ1v) is 12.0. The Kier molecular flexibility index (Phi) is 6.29. The molecule has 1 N–H and O–H groups in total. The van der Waals surface area contributed by atoms with Gasteiger partial charge in [0.1, 0.15) is 5.82 Å². The van der Waals surface area contributed by atoms with Crippen LogP contribution in [0.1, 0.15) is 12.8 Å². The SMILES string of the molecule is O=C(NC1CCCN(c2nc(Cl)nc3cc(N4CCOCC4)ccc23)C1)Oc1cccs1. The Morgan fingerprint density at radius 2 is 2.06 bits per heavy atom. The number of anilines is 2. The number of hydrogen-bond acceptors (Lipinski definition) is 8. The van der Waals surface area contributed by atoms with Gasteiger partial charge in [-0.25, -0.2) is 9.78 Å². The molecular weight excluding hydrogens is 450 g/mol. The number of carbonyl (C=O) groups excluding carboxylic acids is 1. The Bertz CT molecular complexity index is 1090. The van der Waals surface area contributed by atoms with Crippen molar-refractivity contribution in [1.29, 1.82) is 0 Å². The monoisotopic (exact) mass is 473 g/mol. The molecule has 2 aliphatic rings. The normalized spacial score (nSPS) is 19.2. The maximum absolute atomic E-state index is 12.3. The molecule has 1 atom stereocenters. The van der Waals surface area contributed by atoms with E-state index in [0.29, 0.717) is 11.6 Å². The number of hydrogen-bond donors (Lipinski definition) is 1. The summed E-state index contributed by atoms with van der Waals surface area (Å²) in [6, 6.07) is 9.82. The number of ether oxygens (including phenoxy) is 2. The molecule has 168 valence electrons. The molecule has 2 fully saturated rings. The fourth-order valence-corrected chi connectivity index (χ4v) is 4.97. The van der Waals surface area contributed by atoms with E-state index in [1.807, 2.05) is 11.4 Å². The number of aromatic nitrogens is 2. The smallest absolute Gasteiger partial charge is 0.399 e. The second-order valence-corrected chi connectivity index (χ2v) is 9.12. The lowest BCUT2D eigenvalue weighted by Gasteiger charge is -2.34. The van der Waals surface area contributed by atoms with E-state index in [-0.39, 0.29) is 11.3 Å². The number of thiophene rings is 1. The molecule has 0 aliphatic carbocycles. The molecule has 1 amide bonds. The highest BCUT2D eigenvalue weighted by Gasteiger charge is 2.25. The average molecular weight is 474 g/mol. The second-order valence-electron chi connectivity index (χ2n) is 7.87. The number of carbonyl (C=O) groups is 1. The minimum atomic E-state index is -0.431. The number of benzene rings is 1. The van der Waals surface area contributed by atoms with E-state index in [1.54, 1.807) is 6.07 Å². The molecule has 0 saturated carbocycles. The minimum absolute atomic E-state index is 0.0346. The lowest BCUT2D eigenvalue weighted by molar-refractivity contribution is 0.122. The zero-order chi connectivity index (χ0) is 21.9. The summed E-state index contributed by atoms with van der Waals surface area (Å²) in [5.74, 6) is 0.798. The Hall–Kier alpha value is -2.62. The summed E-state index contributed by atoms with van der Waals surface area (Å²) in [6.07, 6.45) is 1.38.